The fourth-order valence-electron chi connectivity index (χ4n) is 6.04. The van der Waals surface area contributed by atoms with E-state index in [4.69, 9.17) is 4.74 Å². The Kier molecular flexibility index (Phi) is 9.63. The SMILES string of the molecule is C=C[C@@H]1C[C@]1(NC(=O)[C@@H]1CN(c2ccc(-c3ccccc3)cc2)CN1C(=O)C(NC(=O)OC(C)(C)C)C(C)(C)C)C(=O)NS(=O)(=O)C1CC1. The van der Waals surface area contributed by atoms with Crippen molar-refractivity contribution in [2.24, 2.45) is 11.3 Å². The summed E-state index contributed by atoms with van der Waals surface area (Å²) in [5.41, 5.74) is -0.292. The van der Waals surface area contributed by atoms with Crippen LogP contribution in [0.2, 0.25) is 0 Å². The van der Waals surface area contributed by atoms with E-state index in [1.807, 2.05) is 59.5 Å². The van der Waals surface area contributed by atoms with Crippen molar-refractivity contribution in [3.05, 3.63) is 67.3 Å². The highest BCUT2D eigenvalue weighted by molar-refractivity contribution is 7.91. The van der Waals surface area contributed by atoms with Crippen LogP contribution in [0.4, 0.5) is 10.5 Å². The fraction of sp³-hybridized carbons (Fsp3) is 0.500. The molecule has 0 radical (unpaired) electrons. The van der Waals surface area contributed by atoms with Gasteiger partial charge >= 0.3 is 6.09 Å². The van der Waals surface area contributed by atoms with Gasteiger partial charge in [0.05, 0.1) is 11.9 Å². The predicted octanol–water partition coefficient (Wildman–Crippen LogP) is 3.94. The molecule has 2 aromatic carbocycles. The Labute approximate surface area is 288 Å². The molecule has 1 saturated heterocycles. The average Bonchev–Trinajstić information content (AvgIpc) is 3.95. The van der Waals surface area contributed by atoms with Crippen LogP contribution in [0, 0.1) is 11.3 Å². The number of benzene rings is 2. The van der Waals surface area contributed by atoms with Crippen LogP contribution in [0.3, 0.4) is 0 Å². The minimum absolute atomic E-state index is 0.0182. The number of hydrogen-bond acceptors (Lipinski definition) is 8. The number of nitrogens with zero attached hydrogens (tertiary/aromatic N) is 2. The summed E-state index contributed by atoms with van der Waals surface area (Å²) in [5, 5.41) is 4.91. The standard InChI is InChI=1S/C36H47N5O7S/c1-8-25-20-36(25,32(44)39-49(46,47)27-18-19-27)38-30(42)28-21-40(26-16-14-24(15-17-26)23-12-10-9-11-13-23)22-41(28)31(43)29(34(2,3)4)37-33(45)48-35(5,6)7/h8-17,25,27-29H,1,18-22H2,2-7H3,(H,37,45)(H,38,42)(H,39,44)/t25-,28+,29?,36-/m1/s1. The second kappa shape index (κ2) is 13.1. The quantitative estimate of drug-likeness (QED) is 0.317. The van der Waals surface area contributed by atoms with Crippen LogP contribution in [0.1, 0.15) is 60.8 Å². The number of anilines is 1. The van der Waals surface area contributed by atoms with E-state index in [0.29, 0.717) is 12.8 Å². The Hall–Kier alpha value is -4.39. The smallest absolute Gasteiger partial charge is 0.408 e. The molecule has 1 heterocycles. The van der Waals surface area contributed by atoms with Crippen LogP contribution in [0.5, 0.6) is 0 Å². The Bertz CT molecular complexity index is 1710. The van der Waals surface area contributed by atoms with Gasteiger partial charge in [-0.25, -0.2) is 13.2 Å². The van der Waals surface area contributed by atoms with Gasteiger partial charge in [-0.05, 0) is 68.7 Å². The molecule has 1 unspecified atom stereocenters. The number of amides is 4. The molecule has 0 aromatic heterocycles. The summed E-state index contributed by atoms with van der Waals surface area (Å²) < 4.78 is 32.9. The van der Waals surface area contributed by atoms with Crippen LogP contribution in [0.15, 0.2) is 67.3 Å². The highest BCUT2D eigenvalue weighted by Gasteiger charge is 2.62. The molecule has 2 saturated carbocycles. The molecule has 4 atom stereocenters. The molecule has 49 heavy (non-hydrogen) atoms. The van der Waals surface area contributed by atoms with E-state index in [2.05, 4.69) is 21.9 Å². The number of rotatable bonds is 10. The molecule has 5 rings (SSSR count). The number of ether oxygens (including phenoxy) is 1. The van der Waals surface area contributed by atoms with Gasteiger partial charge in [0, 0.05) is 18.2 Å². The van der Waals surface area contributed by atoms with Gasteiger partial charge in [-0.3, -0.25) is 19.1 Å². The number of alkyl carbamates (subject to hydrolysis) is 1. The summed E-state index contributed by atoms with van der Waals surface area (Å²) in [7, 11) is -3.87. The van der Waals surface area contributed by atoms with E-state index in [0.717, 1.165) is 16.8 Å². The van der Waals surface area contributed by atoms with E-state index in [1.165, 1.54) is 11.0 Å². The topological polar surface area (TPSA) is 154 Å². The maximum atomic E-state index is 14.4. The predicted molar refractivity (Wildman–Crippen MR) is 187 cm³/mol. The first kappa shape index (κ1) is 35.9. The normalized spacial score (nSPS) is 22.9. The lowest BCUT2D eigenvalue weighted by Gasteiger charge is -2.35. The van der Waals surface area contributed by atoms with Gasteiger partial charge in [-0.2, -0.15) is 0 Å². The molecule has 1 aliphatic heterocycles. The lowest BCUT2D eigenvalue weighted by atomic mass is 9.85. The highest BCUT2D eigenvalue weighted by Crippen LogP contribution is 2.45. The Balaban J connectivity index is 1.43. The van der Waals surface area contributed by atoms with Crippen LogP contribution in [-0.2, 0) is 29.1 Å². The molecule has 3 N–H and O–H groups in total. The molecule has 2 aromatic rings. The average molecular weight is 694 g/mol. The van der Waals surface area contributed by atoms with Crippen molar-refractivity contribution >= 4 is 39.5 Å². The van der Waals surface area contributed by atoms with Gasteiger partial charge in [0.15, 0.2) is 0 Å². The highest BCUT2D eigenvalue weighted by atomic mass is 32.2. The van der Waals surface area contributed by atoms with Crippen molar-refractivity contribution in [1.29, 1.82) is 0 Å². The van der Waals surface area contributed by atoms with Crippen molar-refractivity contribution in [3.63, 3.8) is 0 Å². The van der Waals surface area contributed by atoms with Crippen LogP contribution < -0.4 is 20.3 Å². The van der Waals surface area contributed by atoms with E-state index >= 15 is 0 Å². The zero-order chi connectivity index (χ0) is 35.9. The number of nitrogens with one attached hydrogen (secondary N) is 3. The summed E-state index contributed by atoms with van der Waals surface area (Å²) in [4.78, 5) is 58.2. The van der Waals surface area contributed by atoms with Gasteiger partial charge in [0.25, 0.3) is 5.91 Å². The molecule has 3 fully saturated rings. The molecular formula is C36H47N5O7S. The van der Waals surface area contributed by atoms with E-state index in [1.54, 1.807) is 41.5 Å². The number of carbonyl (C=O) groups excluding carboxylic acids is 4. The van der Waals surface area contributed by atoms with Crippen LogP contribution >= 0.6 is 0 Å². The number of carbonyl (C=O) groups is 4. The van der Waals surface area contributed by atoms with Crippen molar-refractivity contribution in [1.82, 2.24) is 20.3 Å². The summed E-state index contributed by atoms with van der Waals surface area (Å²) in [6.07, 6.45) is 1.86. The number of hydrogen-bond donors (Lipinski definition) is 3. The monoisotopic (exact) mass is 693 g/mol. The molecular weight excluding hydrogens is 646 g/mol. The summed E-state index contributed by atoms with van der Waals surface area (Å²) >= 11 is 0. The van der Waals surface area contributed by atoms with Crippen molar-refractivity contribution in [2.45, 2.75) is 89.3 Å². The van der Waals surface area contributed by atoms with Crippen LogP contribution in [-0.4, -0.2) is 78.8 Å². The zero-order valence-corrected chi connectivity index (χ0v) is 29.8. The zero-order valence-electron chi connectivity index (χ0n) is 29.0. The third kappa shape index (κ3) is 8.09. The van der Waals surface area contributed by atoms with Gasteiger partial charge in [0.1, 0.15) is 23.2 Å². The van der Waals surface area contributed by atoms with Gasteiger partial charge < -0.3 is 25.2 Å². The van der Waals surface area contributed by atoms with Gasteiger partial charge in [-0.1, -0.05) is 69.3 Å². The second-order valence-electron chi connectivity index (χ2n) is 15.2. The molecule has 0 bridgehead atoms. The number of sulfonamides is 1. The minimum Gasteiger partial charge on any atom is -0.444 e. The van der Waals surface area contributed by atoms with Gasteiger partial charge in [0.2, 0.25) is 21.8 Å². The first-order chi connectivity index (χ1) is 22.8. The van der Waals surface area contributed by atoms with Crippen molar-refractivity contribution in [3.8, 4) is 11.1 Å². The summed E-state index contributed by atoms with van der Waals surface area (Å²) in [6.45, 7) is 14.4. The van der Waals surface area contributed by atoms with Crippen LogP contribution in [0.25, 0.3) is 11.1 Å². The fourth-order valence-corrected chi connectivity index (χ4v) is 7.40. The third-order valence-corrected chi connectivity index (χ3v) is 10.9. The Morgan fingerprint density at radius 1 is 0.959 bits per heavy atom. The Morgan fingerprint density at radius 2 is 1.57 bits per heavy atom. The molecule has 264 valence electrons. The Morgan fingerprint density at radius 3 is 2.10 bits per heavy atom. The maximum Gasteiger partial charge on any atom is 0.408 e. The van der Waals surface area contributed by atoms with Crippen molar-refractivity contribution in [2.75, 3.05) is 18.1 Å². The third-order valence-electron chi connectivity index (χ3n) is 9.04. The molecule has 13 heteroatoms. The maximum absolute atomic E-state index is 14.4. The second-order valence-corrected chi connectivity index (χ2v) is 17.2. The molecule has 0 spiro atoms. The summed E-state index contributed by atoms with van der Waals surface area (Å²) in [5.74, 6) is -2.44. The van der Waals surface area contributed by atoms with E-state index in [-0.39, 0.29) is 19.6 Å². The molecule has 12 nitrogen and oxygen atoms in total. The van der Waals surface area contributed by atoms with Crippen molar-refractivity contribution < 1.29 is 32.3 Å². The summed E-state index contributed by atoms with van der Waals surface area (Å²) in [6, 6.07) is 15.5. The molecule has 4 amide bonds. The first-order valence-electron chi connectivity index (χ1n) is 16.6. The molecule has 3 aliphatic rings. The lowest BCUT2D eigenvalue weighted by molar-refractivity contribution is -0.142. The van der Waals surface area contributed by atoms with E-state index in [9.17, 15) is 27.6 Å². The molecule has 2 aliphatic carbocycles. The minimum atomic E-state index is -3.87. The largest absolute Gasteiger partial charge is 0.444 e. The first-order valence-corrected chi connectivity index (χ1v) is 18.1. The van der Waals surface area contributed by atoms with Gasteiger partial charge in [-0.15, -0.1) is 6.58 Å². The lowest BCUT2D eigenvalue weighted by Crippen LogP contribution is -2.60. The van der Waals surface area contributed by atoms with E-state index < -0.39 is 73.6 Å².